The summed E-state index contributed by atoms with van der Waals surface area (Å²) in [4.78, 5) is 8.54. The summed E-state index contributed by atoms with van der Waals surface area (Å²) in [6.07, 6.45) is 0. The topological polar surface area (TPSA) is 15.9 Å². The SMILES string of the molecule is Brc1ccc2c(c1)Sc1ccccc1[N+]2=c1ccc2nc3ccc(Br)cc3sc-2c1. The second-order valence-corrected chi connectivity index (χ2v) is 11.0. The molecule has 0 saturated heterocycles. The third kappa shape index (κ3) is 3.14. The van der Waals surface area contributed by atoms with E-state index in [0.717, 1.165) is 25.5 Å². The molecule has 0 radical (unpaired) electrons. The third-order valence-electron chi connectivity index (χ3n) is 5.07. The third-order valence-corrected chi connectivity index (χ3v) is 8.27. The van der Waals surface area contributed by atoms with Crippen molar-refractivity contribution in [2.45, 2.75) is 9.79 Å². The Kier molecular flexibility index (Phi) is 4.57. The predicted octanol–water partition coefficient (Wildman–Crippen LogP) is 7.83. The van der Waals surface area contributed by atoms with Gasteiger partial charge >= 0.3 is 0 Å². The van der Waals surface area contributed by atoms with Crippen LogP contribution in [-0.2, 0) is 0 Å². The van der Waals surface area contributed by atoms with Gasteiger partial charge in [-0.1, -0.05) is 55.8 Å². The molecule has 3 aromatic carbocycles. The van der Waals surface area contributed by atoms with Crippen LogP contribution in [0, 0.1) is 0 Å². The molecule has 2 nitrogen and oxygen atoms in total. The second-order valence-electron chi connectivity index (χ2n) is 7.00. The molecule has 1 aliphatic carbocycles. The second kappa shape index (κ2) is 7.31. The lowest BCUT2D eigenvalue weighted by atomic mass is 10.2. The Hall–Kier alpha value is -1.99. The van der Waals surface area contributed by atoms with E-state index < -0.39 is 0 Å². The van der Waals surface area contributed by atoms with Gasteiger partial charge in [0.15, 0.2) is 0 Å². The molecule has 2 heterocycles. The molecule has 0 unspecified atom stereocenters. The van der Waals surface area contributed by atoms with Gasteiger partial charge in [0.1, 0.15) is 0 Å². The fraction of sp³-hybridized carbons (Fsp3) is 0. The van der Waals surface area contributed by atoms with Crippen LogP contribution in [0.15, 0.2) is 97.6 Å². The molecule has 0 atom stereocenters. The van der Waals surface area contributed by atoms with E-state index in [1.54, 1.807) is 11.3 Å². The van der Waals surface area contributed by atoms with E-state index in [-0.39, 0.29) is 0 Å². The van der Waals surface area contributed by atoms with Crippen molar-refractivity contribution in [3.05, 3.63) is 93.2 Å². The van der Waals surface area contributed by atoms with Crippen molar-refractivity contribution in [1.29, 1.82) is 0 Å². The van der Waals surface area contributed by atoms with Gasteiger partial charge in [-0.05, 0) is 42.5 Å². The molecule has 0 amide bonds. The van der Waals surface area contributed by atoms with E-state index >= 15 is 0 Å². The first-order valence-electron chi connectivity index (χ1n) is 9.35. The highest BCUT2D eigenvalue weighted by molar-refractivity contribution is 9.10. The van der Waals surface area contributed by atoms with Crippen molar-refractivity contribution in [3.63, 3.8) is 0 Å². The monoisotopic (exact) mass is 551 g/mol. The van der Waals surface area contributed by atoms with E-state index in [4.69, 9.17) is 4.98 Å². The normalized spacial score (nSPS) is 14.6. The molecule has 0 fully saturated rings. The number of benzene rings is 4. The standard InChI is InChI=1S/C24H13Br2N2S2/c25-14-5-8-17-22(11-14)30-23-13-16(7-9-18(23)27-17)28-19-3-1-2-4-21(19)29-24-12-15(26)6-10-20(24)28/h1-13H/q+1. The lowest BCUT2D eigenvalue weighted by Gasteiger charge is -2.16. The van der Waals surface area contributed by atoms with Crippen LogP contribution >= 0.6 is 55.0 Å². The Morgan fingerprint density at radius 3 is 2.47 bits per heavy atom. The molecule has 6 rings (SSSR count). The minimum atomic E-state index is 1.02. The first-order chi connectivity index (χ1) is 14.7. The van der Waals surface area contributed by atoms with E-state index in [0.29, 0.717) is 0 Å². The molecule has 0 aromatic heterocycles. The van der Waals surface area contributed by atoms with Crippen LogP contribution in [-0.4, -0.2) is 4.98 Å². The number of aromatic nitrogens is 1. The van der Waals surface area contributed by atoms with Gasteiger partial charge in [-0.3, -0.25) is 0 Å². The largest absolute Gasteiger partial charge is 0.246 e. The molecule has 0 bridgehead atoms. The molecule has 3 aliphatic rings. The molecular weight excluding hydrogens is 540 g/mol. The summed E-state index contributed by atoms with van der Waals surface area (Å²) < 4.78 is 5.69. The maximum atomic E-state index is 4.87. The first-order valence-corrected chi connectivity index (χ1v) is 12.6. The maximum absolute atomic E-state index is 4.87. The van der Waals surface area contributed by atoms with Gasteiger partial charge in [-0.15, -0.1) is 11.3 Å². The van der Waals surface area contributed by atoms with Crippen LogP contribution in [0.4, 0.5) is 11.4 Å². The lowest BCUT2D eigenvalue weighted by molar-refractivity contribution is 0.919. The van der Waals surface area contributed by atoms with Gasteiger partial charge in [-0.2, -0.15) is 4.58 Å². The Labute approximate surface area is 198 Å². The maximum Gasteiger partial charge on any atom is 0.225 e. The van der Waals surface area contributed by atoms with E-state index in [9.17, 15) is 0 Å². The first kappa shape index (κ1) is 18.8. The Morgan fingerprint density at radius 2 is 1.53 bits per heavy atom. The number of hydrogen-bond acceptors (Lipinski definition) is 3. The van der Waals surface area contributed by atoms with Crippen molar-refractivity contribution in [3.8, 4) is 10.6 Å². The minimum Gasteiger partial charge on any atom is -0.246 e. The van der Waals surface area contributed by atoms with Gasteiger partial charge in [0.2, 0.25) is 16.7 Å². The zero-order chi connectivity index (χ0) is 20.2. The highest BCUT2D eigenvalue weighted by atomic mass is 79.9. The van der Waals surface area contributed by atoms with Crippen LogP contribution in [0.25, 0.3) is 20.8 Å². The van der Waals surface area contributed by atoms with Gasteiger partial charge in [0, 0.05) is 33.2 Å². The summed E-state index contributed by atoms with van der Waals surface area (Å²) in [7, 11) is 0. The molecule has 2 aliphatic heterocycles. The summed E-state index contributed by atoms with van der Waals surface area (Å²) >= 11 is 10.8. The fourth-order valence-corrected chi connectivity index (χ4v) is 6.90. The van der Waals surface area contributed by atoms with Crippen molar-refractivity contribution >= 4 is 76.5 Å². The van der Waals surface area contributed by atoms with Crippen LogP contribution in [0.2, 0.25) is 0 Å². The summed E-state index contributed by atoms with van der Waals surface area (Å²) in [6.45, 7) is 0. The predicted molar refractivity (Wildman–Crippen MR) is 133 cm³/mol. The summed E-state index contributed by atoms with van der Waals surface area (Å²) in [5.41, 5.74) is 4.45. The van der Waals surface area contributed by atoms with Crippen molar-refractivity contribution in [2.24, 2.45) is 0 Å². The molecule has 0 saturated carbocycles. The number of para-hydroxylation sites is 1. The van der Waals surface area contributed by atoms with Gasteiger partial charge in [0.05, 0.1) is 30.6 Å². The number of halogens is 2. The Bertz CT molecular complexity index is 1510. The quantitative estimate of drug-likeness (QED) is 0.141. The number of rotatable bonds is 0. The molecule has 144 valence electrons. The van der Waals surface area contributed by atoms with E-state index in [1.807, 2.05) is 17.8 Å². The summed E-state index contributed by atoms with van der Waals surface area (Å²) in [6, 6.07) is 27.9. The van der Waals surface area contributed by atoms with Crippen LogP contribution < -0.4 is 9.93 Å². The average Bonchev–Trinajstić information content (AvgIpc) is 2.75. The Morgan fingerprint density at radius 1 is 0.733 bits per heavy atom. The molecule has 30 heavy (non-hydrogen) atoms. The fourth-order valence-electron chi connectivity index (χ4n) is 3.74. The van der Waals surface area contributed by atoms with Crippen molar-refractivity contribution in [1.82, 2.24) is 9.56 Å². The van der Waals surface area contributed by atoms with Gasteiger partial charge < -0.3 is 0 Å². The molecule has 6 heteroatoms. The lowest BCUT2D eigenvalue weighted by Crippen LogP contribution is -2.23. The van der Waals surface area contributed by atoms with E-state index in [1.165, 1.54) is 30.7 Å². The van der Waals surface area contributed by atoms with Crippen LogP contribution in [0.3, 0.4) is 0 Å². The van der Waals surface area contributed by atoms with Crippen LogP contribution in [0.5, 0.6) is 0 Å². The smallest absolute Gasteiger partial charge is 0.225 e. The summed E-state index contributed by atoms with van der Waals surface area (Å²) in [5, 5.41) is 1.14. The highest BCUT2D eigenvalue weighted by Gasteiger charge is 2.29. The highest BCUT2D eigenvalue weighted by Crippen LogP contribution is 2.46. The molecule has 0 N–H and O–H groups in total. The molecule has 0 spiro atoms. The van der Waals surface area contributed by atoms with Crippen LogP contribution in [0.1, 0.15) is 0 Å². The summed E-state index contributed by atoms with van der Waals surface area (Å²) in [5.74, 6) is 0. The minimum absolute atomic E-state index is 1.02. The number of hydrogen-bond donors (Lipinski definition) is 0. The van der Waals surface area contributed by atoms with E-state index in [2.05, 4.69) is 109 Å². The zero-order valence-corrected chi connectivity index (χ0v) is 20.3. The van der Waals surface area contributed by atoms with Crippen molar-refractivity contribution < 1.29 is 0 Å². The van der Waals surface area contributed by atoms with Crippen molar-refractivity contribution in [2.75, 3.05) is 0 Å². The van der Waals surface area contributed by atoms with Gasteiger partial charge in [-0.25, -0.2) is 4.98 Å². The molecule has 3 aromatic rings. The van der Waals surface area contributed by atoms with Gasteiger partial charge in [0.25, 0.3) is 0 Å². The Balaban J connectivity index is 1.70. The molecular formula is C24H13Br2N2S2+. The average molecular weight is 553 g/mol. The number of fused-ring (bicyclic) bond motifs is 4. The zero-order valence-electron chi connectivity index (χ0n) is 15.5. The number of nitrogens with zero attached hydrogens (tertiary/aromatic N) is 2.